The molecule has 0 amide bonds. The van der Waals surface area contributed by atoms with Gasteiger partial charge in [0.25, 0.3) is 5.56 Å². The Balaban J connectivity index is 2.34. The molecule has 19 heavy (non-hydrogen) atoms. The minimum Gasteiger partial charge on any atom is -0.307 e. The first-order valence-corrected chi connectivity index (χ1v) is 5.63. The van der Waals surface area contributed by atoms with E-state index in [4.69, 9.17) is 11.6 Å². The van der Waals surface area contributed by atoms with Crippen LogP contribution in [0.4, 0.5) is 13.2 Å². The molecule has 0 aliphatic carbocycles. The van der Waals surface area contributed by atoms with Gasteiger partial charge in [0.2, 0.25) is 0 Å². The zero-order valence-corrected chi connectivity index (χ0v) is 10.2. The Labute approximate surface area is 111 Å². The van der Waals surface area contributed by atoms with Crippen LogP contribution in [-0.2, 0) is 12.7 Å². The van der Waals surface area contributed by atoms with E-state index in [1.54, 1.807) is 0 Å². The normalized spacial score (nSPS) is 11.6. The summed E-state index contributed by atoms with van der Waals surface area (Å²) in [5.41, 5.74) is -0.932. The van der Waals surface area contributed by atoms with E-state index in [9.17, 15) is 18.0 Å². The molecule has 1 heterocycles. The van der Waals surface area contributed by atoms with Crippen molar-refractivity contribution in [2.45, 2.75) is 12.7 Å². The summed E-state index contributed by atoms with van der Waals surface area (Å²) in [5.74, 6) is 0. The first-order valence-electron chi connectivity index (χ1n) is 5.25. The van der Waals surface area contributed by atoms with Crippen LogP contribution in [0, 0.1) is 0 Å². The van der Waals surface area contributed by atoms with Gasteiger partial charge < -0.3 is 4.57 Å². The summed E-state index contributed by atoms with van der Waals surface area (Å²) in [6, 6.07) is 4.79. The van der Waals surface area contributed by atoms with Gasteiger partial charge in [-0.15, -0.1) is 0 Å². The Hall–Kier alpha value is -1.82. The van der Waals surface area contributed by atoms with Crippen LogP contribution >= 0.6 is 11.6 Å². The molecular weight excluding hydrogens is 281 g/mol. The lowest BCUT2D eigenvalue weighted by Crippen LogP contribution is -2.21. The fourth-order valence-corrected chi connectivity index (χ4v) is 1.75. The summed E-state index contributed by atoms with van der Waals surface area (Å²) in [5, 5.41) is -0.213. The van der Waals surface area contributed by atoms with Crippen LogP contribution in [0.2, 0.25) is 5.15 Å². The van der Waals surface area contributed by atoms with E-state index in [1.807, 2.05) is 0 Å². The fourth-order valence-electron chi connectivity index (χ4n) is 1.59. The third-order valence-electron chi connectivity index (χ3n) is 2.48. The van der Waals surface area contributed by atoms with Crippen molar-refractivity contribution in [3.05, 3.63) is 63.3 Å². The average Bonchev–Trinajstić information content (AvgIpc) is 2.34. The first-order chi connectivity index (χ1) is 8.88. The van der Waals surface area contributed by atoms with Crippen molar-refractivity contribution in [2.75, 3.05) is 0 Å². The Kier molecular flexibility index (Phi) is 3.61. The van der Waals surface area contributed by atoms with Gasteiger partial charge in [-0.3, -0.25) is 4.79 Å². The van der Waals surface area contributed by atoms with E-state index >= 15 is 0 Å². The van der Waals surface area contributed by atoms with Gasteiger partial charge >= 0.3 is 6.18 Å². The molecule has 2 rings (SSSR count). The predicted octanol–water partition coefficient (Wildman–Crippen LogP) is 2.96. The van der Waals surface area contributed by atoms with Gasteiger partial charge in [-0.2, -0.15) is 13.2 Å². The maximum Gasteiger partial charge on any atom is 0.416 e. The summed E-state index contributed by atoms with van der Waals surface area (Å²) in [6.45, 7) is 0.00495. The summed E-state index contributed by atoms with van der Waals surface area (Å²) in [7, 11) is 0. The number of nitrogens with zero attached hydrogens (tertiary/aromatic N) is 2. The summed E-state index contributed by atoms with van der Waals surface area (Å²) >= 11 is 5.56. The van der Waals surface area contributed by atoms with Crippen molar-refractivity contribution >= 4 is 11.6 Å². The molecule has 0 saturated carbocycles. The van der Waals surface area contributed by atoms with Crippen molar-refractivity contribution in [2.24, 2.45) is 0 Å². The molecule has 0 N–H and O–H groups in total. The van der Waals surface area contributed by atoms with Crippen LogP contribution in [0.1, 0.15) is 11.1 Å². The number of benzene rings is 1. The number of aromatic nitrogens is 2. The number of hydrogen-bond acceptors (Lipinski definition) is 2. The zero-order chi connectivity index (χ0) is 14.0. The standard InChI is InChI=1S/C12H8ClF3N2O/c13-10-11(19)18(5-4-17-10)7-8-2-1-3-9(6-8)12(14,15)16/h1-6H,7H2. The van der Waals surface area contributed by atoms with Crippen LogP contribution in [0.5, 0.6) is 0 Å². The first kappa shape index (κ1) is 13.6. The van der Waals surface area contributed by atoms with Crippen LogP contribution in [-0.4, -0.2) is 9.55 Å². The van der Waals surface area contributed by atoms with Gasteiger partial charge in [-0.05, 0) is 17.7 Å². The summed E-state index contributed by atoms with van der Waals surface area (Å²) < 4.78 is 38.9. The van der Waals surface area contributed by atoms with Gasteiger partial charge in [0.1, 0.15) is 0 Å². The number of rotatable bonds is 2. The molecule has 7 heteroatoms. The fraction of sp³-hybridized carbons (Fsp3) is 0.167. The minimum absolute atomic E-state index is 0.00495. The second-order valence-corrected chi connectivity index (χ2v) is 4.21. The van der Waals surface area contributed by atoms with E-state index in [0.717, 1.165) is 12.1 Å². The Morgan fingerprint density at radius 3 is 2.74 bits per heavy atom. The van der Waals surface area contributed by atoms with Gasteiger partial charge in [0.05, 0.1) is 12.1 Å². The molecule has 0 spiro atoms. The zero-order valence-electron chi connectivity index (χ0n) is 9.49. The molecule has 100 valence electrons. The highest BCUT2D eigenvalue weighted by molar-refractivity contribution is 6.29. The third kappa shape index (κ3) is 3.14. The van der Waals surface area contributed by atoms with Crippen molar-refractivity contribution in [3.63, 3.8) is 0 Å². The van der Waals surface area contributed by atoms with Crippen molar-refractivity contribution in [1.29, 1.82) is 0 Å². The van der Waals surface area contributed by atoms with E-state index in [0.29, 0.717) is 5.56 Å². The molecule has 0 fully saturated rings. The second kappa shape index (κ2) is 5.05. The number of hydrogen-bond donors (Lipinski definition) is 0. The van der Waals surface area contributed by atoms with E-state index in [2.05, 4.69) is 4.98 Å². The maximum absolute atomic E-state index is 12.6. The highest BCUT2D eigenvalue weighted by atomic mass is 35.5. The molecular formula is C12H8ClF3N2O. The predicted molar refractivity (Wildman–Crippen MR) is 64.1 cm³/mol. The smallest absolute Gasteiger partial charge is 0.307 e. The molecule has 0 atom stereocenters. The van der Waals surface area contributed by atoms with Crippen LogP contribution < -0.4 is 5.56 Å². The molecule has 0 bridgehead atoms. The highest BCUT2D eigenvalue weighted by Crippen LogP contribution is 2.29. The topological polar surface area (TPSA) is 34.9 Å². The molecule has 0 unspecified atom stereocenters. The molecule has 0 radical (unpaired) electrons. The van der Waals surface area contributed by atoms with Gasteiger partial charge in [0.15, 0.2) is 5.15 Å². The quantitative estimate of drug-likeness (QED) is 0.851. The minimum atomic E-state index is -4.41. The molecule has 0 saturated heterocycles. The van der Waals surface area contributed by atoms with Crippen molar-refractivity contribution in [1.82, 2.24) is 9.55 Å². The third-order valence-corrected chi connectivity index (χ3v) is 2.74. The monoisotopic (exact) mass is 288 g/mol. The number of alkyl halides is 3. The van der Waals surface area contributed by atoms with Crippen molar-refractivity contribution in [3.8, 4) is 0 Å². The molecule has 0 aliphatic heterocycles. The van der Waals surface area contributed by atoms with Crippen LogP contribution in [0.3, 0.4) is 0 Å². The molecule has 1 aromatic heterocycles. The van der Waals surface area contributed by atoms with E-state index < -0.39 is 17.3 Å². The summed E-state index contributed by atoms with van der Waals surface area (Å²) in [4.78, 5) is 15.2. The Morgan fingerprint density at radius 2 is 2.05 bits per heavy atom. The van der Waals surface area contributed by atoms with Crippen LogP contribution in [0.15, 0.2) is 41.5 Å². The molecule has 0 aliphatic rings. The van der Waals surface area contributed by atoms with Crippen molar-refractivity contribution < 1.29 is 13.2 Å². The van der Waals surface area contributed by atoms with E-state index in [-0.39, 0.29) is 11.7 Å². The molecule has 1 aromatic carbocycles. The Morgan fingerprint density at radius 1 is 1.32 bits per heavy atom. The summed E-state index contributed by atoms with van der Waals surface area (Å²) in [6.07, 6.45) is -1.72. The SMILES string of the molecule is O=c1c(Cl)nccn1Cc1cccc(C(F)(F)F)c1. The lowest BCUT2D eigenvalue weighted by atomic mass is 10.1. The maximum atomic E-state index is 12.6. The van der Waals surface area contributed by atoms with Gasteiger partial charge in [0, 0.05) is 12.4 Å². The highest BCUT2D eigenvalue weighted by Gasteiger charge is 2.30. The van der Waals surface area contributed by atoms with Gasteiger partial charge in [-0.25, -0.2) is 4.98 Å². The van der Waals surface area contributed by atoms with E-state index in [1.165, 1.54) is 29.1 Å². The van der Waals surface area contributed by atoms with Gasteiger partial charge in [-0.1, -0.05) is 23.7 Å². The number of halogens is 4. The second-order valence-electron chi connectivity index (χ2n) is 3.85. The largest absolute Gasteiger partial charge is 0.416 e. The lowest BCUT2D eigenvalue weighted by molar-refractivity contribution is -0.137. The lowest BCUT2D eigenvalue weighted by Gasteiger charge is -2.10. The Bertz CT molecular complexity index is 652. The molecule has 3 nitrogen and oxygen atoms in total. The van der Waals surface area contributed by atoms with Crippen LogP contribution in [0.25, 0.3) is 0 Å². The molecule has 2 aromatic rings. The average molecular weight is 289 g/mol.